The Morgan fingerprint density at radius 2 is 1.91 bits per heavy atom. The number of rotatable bonds is 6. The van der Waals surface area contributed by atoms with Gasteiger partial charge < -0.3 is 20.3 Å². The second-order valence-corrected chi connectivity index (χ2v) is 9.84. The lowest BCUT2D eigenvalue weighted by Crippen LogP contribution is -2.37. The fourth-order valence-electron chi connectivity index (χ4n) is 4.16. The fraction of sp³-hybridized carbons (Fsp3) is 0.292. The molecule has 0 radical (unpaired) electrons. The molecule has 0 aliphatic carbocycles. The van der Waals surface area contributed by atoms with Crippen LogP contribution < -0.4 is 20.4 Å². The number of carbonyl (C=O) groups excluding carboxylic acids is 1. The summed E-state index contributed by atoms with van der Waals surface area (Å²) in [4.78, 5) is 26.1. The van der Waals surface area contributed by atoms with Crippen molar-refractivity contribution < 1.29 is 9.53 Å². The third-order valence-electron chi connectivity index (χ3n) is 5.82. The summed E-state index contributed by atoms with van der Waals surface area (Å²) in [5.41, 5.74) is 4.16. The molecule has 2 N–H and O–H groups in total. The number of anilines is 4. The summed E-state index contributed by atoms with van der Waals surface area (Å²) in [6.45, 7) is 3.95. The second kappa shape index (κ2) is 10.6. The standard InChI is InChI=1S/C24H24Cl2N6O2S/c1-27-12-15-11-16(5-6-20(15)31-7-9-34-10-8-31)29-24-28-13-17-22(30-24)35-14-32(23(17)33)21-18(25)3-2-4-19(21)26/h2-6,11,13,27H,7-10,12,14H2,1H3,(H,28,29,30). The molecule has 0 unspecified atom stereocenters. The van der Waals surface area contributed by atoms with Crippen LogP contribution >= 0.6 is 35.0 Å². The number of para-hydroxylation sites is 1. The molecule has 0 saturated carbocycles. The first kappa shape index (κ1) is 24.1. The maximum Gasteiger partial charge on any atom is 0.263 e. The zero-order valence-corrected chi connectivity index (χ0v) is 21.4. The van der Waals surface area contributed by atoms with Crippen LogP contribution in [-0.4, -0.2) is 55.1 Å². The maximum atomic E-state index is 13.2. The third kappa shape index (κ3) is 5.05. The monoisotopic (exact) mass is 530 g/mol. The zero-order valence-electron chi connectivity index (χ0n) is 19.1. The van der Waals surface area contributed by atoms with Crippen molar-refractivity contribution >= 4 is 63.9 Å². The highest BCUT2D eigenvalue weighted by molar-refractivity contribution is 7.99. The van der Waals surface area contributed by atoms with Crippen LogP contribution in [0.1, 0.15) is 15.9 Å². The van der Waals surface area contributed by atoms with Crippen molar-refractivity contribution in [2.75, 3.05) is 54.3 Å². The van der Waals surface area contributed by atoms with Crippen molar-refractivity contribution in [2.45, 2.75) is 11.6 Å². The molecular weight excluding hydrogens is 507 g/mol. The minimum Gasteiger partial charge on any atom is -0.378 e. The van der Waals surface area contributed by atoms with Crippen molar-refractivity contribution in [3.8, 4) is 0 Å². The zero-order chi connectivity index (χ0) is 24.4. The molecule has 1 amide bonds. The van der Waals surface area contributed by atoms with Gasteiger partial charge in [0.2, 0.25) is 5.95 Å². The summed E-state index contributed by atoms with van der Waals surface area (Å²) in [5, 5.41) is 7.99. The first-order valence-corrected chi connectivity index (χ1v) is 12.9. The van der Waals surface area contributed by atoms with Crippen molar-refractivity contribution in [2.24, 2.45) is 0 Å². The van der Waals surface area contributed by atoms with Gasteiger partial charge in [-0.15, -0.1) is 0 Å². The van der Waals surface area contributed by atoms with Gasteiger partial charge in [-0.05, 0) is 42.9 Å². The van der Waals surface area contributed by atoms with E-state index in [-0.39, 0.29) is 5.91 Å². The number of aromatic nitrogens is 2. The molecule has 1 saturated heterocycles. The molecule has 11 heteroatoms. The largest absolute Gasteiger partial charge is 0.378 e. The summed E-state index contributed by atoms with van der Waals surface area (Å²) in [6.07, 6.45) is 1.55. The SMILES string of the molecule is CNCc1cc(Nc2ncc3c(n2)SCN(c2c(Cl)cccc2Cl)C3=O)ccc1N1CCOCC1. The Hall–Kier alpha value is -2.56. The molecule has 2 aliphatic heterocycles. The van der Waals surface area contributed by atoms with Crippen molar-refractivity contribution in [3.05, 3.63) is 63.8 Å². The third-order valence-corrected chi connectivity index (χ3v) is 7.40. The van der Waals surface area contributed by atoms with Gasteiger partial charge in [-0.25, -0.2) is 9.97 Å². The molecule has 5 rings (SSSR count). The number of benzene rings is 2. The number of carbonyl (C=O) groups is 1. The minimum absolute atomic E-state index is 0.230. The van der Waals surface area contributed by atoms with Gasteiger partial charge in [-0.1, -0.05) is 41.0 Å². The lowest BCUT2D eigenvalue weighted by Gasteiger charge is -2.31. The first-order chi connectivity index (χ1) is 17.0. The van der Waals surface area contributed by atoms with Crippen LogP contribution in [0.5, 0.6) is 0 Å². The average Bonchev–Trinajstić information content (AvgIpc) is 2.86. The summed E-state index contributed by atoms with van der Waals surface area (Å²) in [5.74, 6) is 0.557. The average molecular weight is 531 g/mol. The van der Waals surface area contributed by atoms with Gasteiger partial charge in [0.15, 0.2) is 0 Å². The van der Waals surface area contributed by atoms with Crippen molar-refractivity contribution in [3.63, 3.8) is 0 Å². The molecule has 0 atom stereocenters. The number of nitrogens with zero attached hydrogens (tertiary/aromatic N) is 4. The number of hydrogen-bond donors (Lipinski definition) is 2. The van der Waals surface area contributed by atoms with Gasteiger partial charge in [0.1, 0.15) is 5.03 Å². The van der Waals surface area contributed by atoms with Gasteiger partial charge in [-0.2, -0.15) is 0 Å². The predicted octanol–water partition coefficient (Wildman–Crippen LogP) is 4.79. The highest BCUT2D eigenvalue weighted by Gasteiger charge is 2.30. The lowest BCUT2D eigenvalue weighted by molar-refractivity contribution is 0.0985. The van der Waals surface area contributed by atoms with Crippen LogP contribution in [0.4, 0.5) is 23.0 Å². The number of halogens is 2. The van der Waals surface area contributed by atoms with E-state index in [1.165, 1.54) is 23.0 Å². The Labute approximate surface area is 218 Å². The molecule has 1 aromatic heterocycles. The molecule has 0 bridgehead atoms. The van der Waals surface area contributed by atoms with Crippen LogP contribution in [0.2, 0.25) is 10.0 Å². The maximum absolute atomic E-state index is 13.2. The Kier molecular flexibility index (Phi) is 7.31. The van der Waals surface area contributed by atoms with Crippen molar-refractivity contribution in [1.82, 2.24) is 15.3 Å². The minimum atomic E-state index is -0.230. The number of thioether (sulfide) groups is 1. The van der Waals surface area contributed by atoms with E-state index in [4.69, 9.17) is 27.9 Å². The number of ether oxygens (including phenoxy) is 1. The van der Waals surface area contributed by atoms with E-state index < -0.39 is 0 Å². The van der Waals surface area contributed by atoms with E-state index in [0.717, 1.165) is 38.5 Å². The lowest BCUT2D eigenvalue weighted by atomic mass is 10.1. The molecule has 3 heterocycles. The number of amides is 1. The quantitative estimate of drug-likeness (QED) is 0.440. The molecule has 1 fully saturated rings. The molecular formula is C24H24Cl2N6O2S. The highest BCUT2D eigenvalue weighted by Crippen LogP contribution is 2.39. The van der Waals surface area contributed by atoms with Crippen LogP contribution in [0.25, 0.3) is 0 Å². The Balaban J connectivity index is 1.37. The van der Waals surface area contributed by atoms with Crippen LogP contribution in [0, 0.1) is 0 Å². The van der Waals surface area contributed by atoms with Gasteiger partial charge in [0.25, 0.3) is 5.91 Å². The molecule has 182 valence electrons. The van der Waals surface area contributed by atoms with E-state index in [2.05, 4.69) is 37.6 Å². The van der Waals surface area contributed by atoms with Gasteiger partial charge in [0, 0.05) is 37.2 Å². The van der Waals surface area contributed by atoms with E-state index in [1.54, 1.807) is 29.3 Å². The van der Waals surface area contributed by atoms with Crippen molar-refractivity contribution in [1.29, 1.82) is 0 Å². The van der Waals surface area contributed by atoms with Crippen LogP contribution in [0.15, 0.2) is 47.6 Å². The number of morpholine rings is 1. The normalized spacial score (nSPS) is 15.8. The molecule has 3 aromatic rings. The van der Waals surface area contributed by atoms with Gasteiger partial charge >= 0.3 is 0 Å². The molecule has 8 nitrogen and oxygen atoms in total. The Morgan fingerprint density at radius 1 is 1.14 bits per heavy atom. The summed E-state index contributed by atoms with van der Waals surface area (Å²) in [7, 11) is 1.93. The van der Waals surface area contributed by atoms with E-state index in [9.17, 15) is 4.79 Å². The molecule has 0 spiro atoms. The highest BCUT2D eigenvalue weighted by atomic mass is 35.5. The van der Waals surface area contributed by atoms with E-state index >= 15 is 0 Å². The molecule has 35 heavy (non-hydrogen) atoms. The van der Waals surface area contributed by atoms with E-state index in [0.29, 0.717) is 38.1 Å². The Bertz CT molecular complexity index is 1230. The van der Waals surface area contributed by atoms with E-state index in [1.807, 2.05) is 13.1 Å². The van der Waals surface area contributed by atoms with Gasteiger partial charge in [0.05, 0.1) is 40.4 Å². The molecule has 2 aromatic carbocycles. The molecule has 2 aliphatic rings. The van der Waals surface area contributed by atoms with Crippen LogP contribution in [0.3, 0.4) is 0 Å². The summed E-state index contributed by atoms with van der Waals surface area (Å²) < 4.78 is 5.49. The Morgan fingerprint density at radius 3 is 2.66 bits per heavy atom. The smallest absolute Gasteiger partial charge is 0.263 e. The topological polar surface area (TPSA) is 82.6 Å². The second-order valence-electron chi connectivity index (χ2n) is 8.09. The first-order valence-electron chi connectivity index (χ1n) is 11.2. The number of hydrogen-bond acceptors (Lipinski definition) is 8. The number of nitrogens with one attached hydrogen (secondary N) is 2. The van der Waals surface area contributed by atoms with Gasteiger partial charge in [-0.3, -0.25) is 9.69 Å². The van der Waals surface area contributed by atoms with Crippen LogP contribution in [-0.2, 0) is 11.3 Å². The number of fused-ring (bicyclic) bond motifs is 1. The summed E-state index contributed by atoms with van der Waals surface area (Å²) in [6, 6.07) is 11.4. The predicted molar refractivity (Wildman–Crippen MR) is 142 cm³/mol. The fourth-order valence-corrected chi connectivity index (χ4v) is 5.71. The summed E-state index contributed by atoms with van der Waals surface area (Å²) >= 11 is 14.1.